The molecule has 0 amide bonds. The van der Waals surface area contributed by atoms with Crippen molar-refractivity contribution in [3.05, 3.63) is 130 Å². The molecule has 4 aromatic carbocycles. The fraction of sp³-hybridized carbons (Fsp3) is 0.235. The van der Waals surface area contributed by atoms with Crippen LogP contribution in [0, 0.1) is 33.6 Å². The van der Waals surface area contributed by atoms with Crippen LogP contribution in [0.5, 0.6) is 0 Å². The van der Waals surface area contributed by atoms with Crippen LogP contribution in [0.3, 0.4) is 0 Å². The van der Waals surface area contributed by atoms with Crippen molar-refractivity contribution in [2.24, 2.45) is 5.92 Å². The highest BCUT2D eigenvalue weighted by atomic mass is 14.2. The molecule has 176 valence electrons. The second-order valence-electron chi connectivity index (χ2n) is 10.5. The Morgan fingerprint density at radius 1 is 0.514 bits per heavy atom. The monoisotopic (exact) mass is 456 g/mol. The molecule has 0 saturated carbocycles. The second kappa shape index (κ2) is 11.0. The number of rotatable bonds is 7. The summed E-state index contributed by atoms with van der Waals surface area (Å²) >= 11 is 0. The molecular formula is C34H37B. The lowest BCUT2D eigenvalue weighted by Crippen LogP contribution is -2.44. The molecular weight excluding hydrogens is 419 g/mol. The molecule has 0 aliphatic carbocycles. The van der Waals surface area contributed by atoms with Gasteiger partial charge in [0.15, 0.2) is 0 Å². The number of hydrogen-bond donors (Lipinski definition) is 0. The summed E-state index contributed by atoms with van der Waals surface area (Å²) in [4.78, 5) is 0. The smallest absolute Gasteiger partial charge is 0.0686 e. The van der Waals surface area contributed by atoms with E-state index >= 15 is 0 Å². The molecule has 0 N–H and O–H groups in total. The van der Waals surface area contributed by atoms with Gasteiger partial charge < -0.3 is 0 Å². The van der Waals surface area contributed by atoms with E-state index in [0.29, 0.717) is 5.92 Å². The summed E-state index contributed by atoms with van der Waals surface area (Å²) in [5.41, 5.74) is 13.3. The first kappa shape index (κ1) is 24.8. The first-order valence-corrected chi connectivity index (χ1v) is 12.8. The van der Waals surface area contributed by atoms with Gasteiger partial charge in [-0.25, -0.2) is 0 Å². The molecule has 0 bridgehead atoms. The molecule has 1 heteroatoms. The Kier molecular flexibility index (Phi) is 7.76. The summed E-state index contributed by atoms with van der Waals surface area (Å²) in [6.07, 6.45) is 1.03. The average Bonchev–Trinajstić information content (AvgIpc) is 2.84. The van der Waals surface area contributed by atoms with Crippen LogP contribution in [0.15, 0.2) is 97.1 Å². The second-order valence-corrected chi connectivity index (χ2v) is 10.5. The molecule has 0 aromatic heterocycles. The van der Waals surface area contributed by atoms with E-state index in [1.165, 1.54) is 55.4 Å². The Hall–Kier alpha value is -3.32. The minimum absolute atomic E-state index is 0.147. The summed E-state index contributed by atoms with van der Waals surface area (Å²) in [7, 11) is 0. The lowest BCUT2D eigenvalue weighted by Gasteiger charge is -2.25. The molecule has 4 aromatic rings. The number of benzene rings is 4. The summed E-state index contributed by atoms with van der Waals surface area (Å²) in [5.74, 6) is 0.545. The Labute approximate surface area is 212 Å². The van der Waals surface area contributed by atoms with E-state index in [9.17, 15) is 0 Å². The van der Waals surface area contributed by atoms with Gasteiger partial charge in [0.25, 0.3) is 0 Å². The number of allylic oxidation sites excluding steroid dienone is 1. The fourth-order valence-electron chi connectivity index (χ4n) is 4.84. The normalized spacial score (nSPS) is 12.0. The standard InChI is InChI=1S/C34H37B/c1-24(2)23-33(29-15-7-25(3)8-16-29)34(30-17-9-26(4)10-18-30)35(31-19-11-27(5)12-20-31)32-21-13-28(6)14-22-32/h7-22,24H,23H2,1-6H3/b34-33+. The first-order chi connectivity index (χ1) is 16.8. The zero-order chi connectivity index (χ0) is 24.9. The maximum absolute atomic E-state index is 2.33. The molecule has 0 radical (unpaired) electrons. The Balaban J connectivity index is 2.08. The first-order valence-electron chi connectivity index (χ1n) is 12.8. The number of hydrogen-bond acceptors (Lipinski definition) is 0. The minimum Gasteiger partial charge on any atom is -0.0686 e. The van der Waals surface area contributed by atoms with Gasteiger partial charge in [0.1, 0.15) is 0 Å². The third kappa shape index (κ3) is 6.03. The molecule has 0 spiro atoms. The molecule has 0 aliphatic heterocycles. The highest BCUT2D eigenvalue weighted by Crippen LogP contribution is 2.34. The van der Waals surface area contributed by atoms with Gasteiger partial charge in [-0.2, -0.15) is 0 Å². The number of aryl methyl sites for hydroxylation is 4. The van der Waals surface area contributed by atoms with Gasteiger partial charge >= 0.3 is 0 Å². The van der Waals surface area contributed by atoms with Crippen molar-refractivity contribution < 1.29 is 0 Å². The molecule has 0 aliphatic rings. The molecule has 0 atom stereocenters. The fourth-order valence-corrected chi connectivity index (χ4v) is 4.84. The maximum atomic E-state index is 2.33. The van der Waals surface area contributed by atoms with Gasteiger partial charge in [-0.15, -0.1) is 0 Å². The Morgan fingerprint density at radius 2 is 0.857 bits per heavy atom. The Bertz CT molecular complexity index is 1230. The molecule has 0 unspecified atom stereocenters. The summed E-state index contributed by atoms with van der Waals surface area (Å²) in [5, 5.41) is 0. The van der Waals surface area contributed by atoms with E-state index in [4.69, 9.17) is 0 Å². The highest BCUT2D eigenvalue weighted by molar-refractivity contribution is 7.00. The summed E-state index contributed by atoms with van der Waals surface area (Å²) in [6, 6.07) is 36.5. The Morgan fingerprint density at radius 3 is 1.23 bits per heavy atom. The van der Waals surface area contributed by atoms with Crippen molar-refractivity contribution in [2.75, 3.05) is 0 Å². The lowest BCUT2D eigenvalue weighted by atomic mass is 9.34. The molecule has 0 nitrogen and oxygen atoms in total. The summed E-state index contributed by atoms with van der Waals surface area (Å²) in [6.45, 7) is 13.5. The SMILES string of the molecule is Cc1ccc(B(/C(=C(\CC(C)C)c2ccc(C)cc2)c2ccc(C)cc2)c2ccc(C)cc2)cc1. The van der Waals surface area contributed by atoms with Gasteiger partial charge in [-0.1, -0.05) is 150 Å². The van der Waals surface area contributed by atoms with Gasteiger partial charge in [0.05, 0.1) is 0 Å². The quantitative estimate of drug-likeness (QED) is 0.197. The zero-order valence-electron chi connectivity index (χ0n) is 22.1. The van der Waals surface area contributed by atoms with E-state index in [-0.39, 0.29) is 6.71 Å². The predicted molar refractivity (Wildman–Crippen MR) is 156 cm³/mol. The largest absolute Gasteiger partial charge is 0.242 e. The van der Waals surface area contributed by atoms with E-state index in [0.717, 1.165) is 6.42 Å². The molecule has 0 saturated heterocycles. The van der Waals surface area contributed by atoms with E-state index in [1.54, 1.807) is 0 Å². The average molecular weight is 456 g/mol. The van der Waals surface area contributed by atoms with E-state index in [2.05, 4.69) is 139 Å². The van der Waals surface area contributed by atoms with Crippen LogP contribution in [0.25, 0.3) is 11.0 Å². The van der Waals surface area contributed by atoms with Crippen LogP contribution in [0.2, 0.25) is 0 Å². The predicted octanol–water partition coefficient (Wildman–Crippen LogP) is 7.73. The lowest BCUT2D eigenvalue weighted by molar-refractivity contribution is 0.674. The van der Waals surface area contributed by atoms with Crippen molar-refractivity contribution in [3.8, 4) is 0 Å². The maximum Gasteiger partial charge on any atom is 0.242 e. The zero-order valence-corrected chi connectivity index (χ0v) is 22.1. The van der Waals surface area contributed by atoms with Gasteiger partial charge in [-0.05, 0) is 56.7 Å². The highest BCUT2D eigenvalue weighted by Gasteiger charge is 2.28. The topological polar surface area (TPSA) is 0 Å². The van der Waals surface area contributed by atoms with Crippen molar-refractivity contribution in [1.82, 2.24) is 0 Å². The van der Waals surface area contributed by atoms with Crippen LogP contribution < -0.4 is 10.9 Å². The van der Waals surface area contributed by atoms with Gasteiger partial charge in [0.2, 0.25) is 6.71 Å². The van der Waals surface area contributed by atoms with E-state index < -0.39 is 0 Å². The molecule has 35 heavy (non-hydrogen) atoms. The van der Waals surface area contributed by atoms with Crippen LogP contribution in [0.1, 0.15) is 53.6 Å². The van der Waals surface area contributed by atoms with Crippen molar-refractivity contribution in [2.45, 2.75) is 48.0 Å². The molecule has 4 rings (SSSR count). The van der Waals surface area contributed by atoms with Crippen LogP contribution >= 0.6 is 0 Å². The van der Waals surface area contributed by atoms with Gasteiger partial charge in [0, 0.05) is 0 Å². The molecule has 0 fully saturated rings. The third-order valence-electron chi connectivity index (χ3n) is 6.81. The van der Waals surface area contributed by atoms with Crippen LogP contribution in [-0.2, 0) is 0 Å². The van der Waals surface area contributed by atoms with Crippen molar-refractivity contribution >= 4 is 28.7 Å². The van der Waals surface area contributed by atoms with E-state index in [1.807, 2.05) is 0 Å². The van der Waals surface area contributed by atoms with Crippen molar-refractivity contribution in [3.63, 3.8) is 0 Å². The minimum atomic E-state index is 0.147. The van der Waals surface area contributed by atoms with Crippen molar-refractivity contribution in [1.29, 1.82) is 0 Å². The molecule has 0 heterocycles. The van der Waals surface area contributed by atoms with Crippen LogP contribution in [-0.4, -0.2) is 6.71 Å². The third-order valence-corrected chi connectivity index (χ3v) is 6.81. The van der Waals surface area contributed by atoms with Crippen LogP contribution in [0.4, 0.5) is 0 Å². The van der Waals surface area contributed by atoms with Gasteiger partial charge in [-0.3, -0.25) is 0 Å². The summed E-state index contributed by atoms with van der Waals surface area (Å²) < 4.78 is 0.